The average Bonchev–Trinajstić information content (AvgIpc) is 2.48. The lowest BCUT2D eigenvalue weighted by Gasteiger charge is -2.32. The van der Waals surface area contributed by atoms with Crippen molar-refractivity contribution in [2.45, 2.75) is 11.3 Å². The first-order valence-corrected chi connectivity index (χ1v) is 9.38. The maximum atomic E-state index is 12.1. The Morgan fingerprint density at radius 1 is 1.18 bits per heavy atom. The van der Waals surface area contributed by atoms with Crippen LogP contribution in [0.4, 0.5) is 0 Å². The number of benzene rings is 1. The van der Waals surface area contributed by atoms with Gasteiger partial charge < -0.3 is 9.80 Å². The zero-order chi connectivity index (χ0) is 16.2. The third kappa shape index (κ3) is 4.77. The lowest BCUT2D eigenvalue weighted by atomic mass is 10.3. The highest BCUT2D eigenvalue weighted by Gasteiger charge is 2.20. The Bertz CT molecular complexity index is 611. The second-order valence-electron chi connectivity index (χ2n) is 5.29. The van der Waals surface area contributed by atoms with E-state index in [9.17, 15) is 13.2 Å². The highest BCUT2D eigenvalue weighted by molar-refractivity contribution is 9.10. The van der Waals surface area contributed by atoms with Gasteiger partial charge in [-0.25, -0.2) is 13.1 Å². The maximum absolute atomic E-state index is 12.1. The van der Waals surface area contributed by atoms with Gasteiger partial charge >= 0.3 is 0 Å². The summed E-state index contributed by atoms with van der Waals surface area (Å²) in [6.07, 6.45) is 0.180. The summed E-state index contributed by atoms with van der Waals surface area (Å²) in [6, 6.07) is 6.39. The van der Waals surface area contributed by atoms with Crippen molar-refractivity contribution in [3.63, 3.8) is 0 Å². The molecule has 1 aliphatic heterocycles. The van der Waals surface area contributed by atoms with E-state index >= 15 is 0 Å². The molecule has 1 saturated heterocycles. The van der Waals surface area contributed by atoms with Crippen LogP contribution in [0.15, 0.2) is 33.6 Å². The number of amides is 1. The van der Waals surface area contributed by atoms with Crippen LogP contribution >= 0.6 is 15.9 Å². The minimum Gasteiger partial charge on any atom is -0.340 e. The summed E-state index contributed by atoms with van der Waals surface area (Å²) < 4.78 is 27.5. The van der Waals surface area contributed by atoms with Crippen molar-refractivity contribution in [2.24, 2.45) is 0 Å². The van der Waals surface area contributed by atoms with Gasteiger partial charge in [-0.05, 0) is 31.3 Å². The molecule has 122 valence electrons. The largest absolute Gasteiger partial charge is 0.340 e. The molecule has 0 atom stereocenters. The van der Waals surface area contributed by atoms with Crippen LogP contribution < -0.4 is 4.72 Å². The summed E-state index contributed by atoms with van der Waals surface area (Å²) in [4.78, 5) is 16.2. The zero-order valence-corrected chi connectivity index (χ0v) is 14.9. The normalized spacial score (nSPS) is 16.7. The molecule has 2 rings (SSSR count). The number of sulfonamides is 1. The molecule has 0 saturated carbocycles. The molecule has 0 radical (unpaired) electrons. The first-order valence-electron chi connectivity index (χ1n) is 7.10. The molecular weight excluding hydrogens is 370 g/mol. The van der Waals surface area contributed by atoms with Gasteiger partial charge in [-0.2, -0.15) is 0 Å². The van der Waals surface area contributed by atoms with Gasteiger partial charge in [0.2, 0.25) is 15.9 Å². The number of carbonyl (C=O) groups excluding carboxylic acids is 1. The van der Waals surface area contributed by atoms with Gasteiger partial charge in [-0.3, -0.25) is 4.79 Å². The lowest BCUT2D eigenvalue weighted by Crippen LogP contribution is -2.47. The topological polar surface area (TPSA) is 69.7 Å². The van der Waals surface area contributed by atoms with Gasteiger partial charge in [0.1, 0.15) is 0 Å². The SMILES string of the molecule is CN1CCN(C(=O)CCNS(=O)(=O)c2ccc(Br)cc2)CC1. The molecule has 1 aromatic rings. The summed E-state index contributed by atoms with van der Waals surface area (Å²) in [6.45, 7) is 3.24. The lowest BCUT2D eigenvalue weighted by molar-refractivity contribution is -0.132. The Labute approximate surface area is 139 Å². The van der Waals surface area contributed by atoms with E-state index in [1.807, 2.05) is 7.05 Å². The van der Waals surface area contributed by atoms with E-state index in [0.717, 1.165) is 17.6 Å². The molecular formula is C14H20BrN3O3S. The second kappa shape index (κ2) is 7.54. The molecule has 0 bridgehead atoms. The molecule has 0 aromatic heterocycles. The van der Waals surface area contributed by atoms with E-state index in [0.29, 0.717) is 13.1 Å². The fourth-order valence-electron chi connectivity index (χ4n) is 2.20. The fraction of sp³-hybridized carbons (Fsp3) is 0.500. The number of likely N-dealkylation sites (N-methyl/N-ethyl adjacent to an activating group) is 1. The summed E-state index contributed by atoms with van der Waals surface area (Å²) >= 11 is 3.26. The molecule has 1 heterocycles. The van der Waals surface area contributed by atoms with Gasteiger partial charge in [0.05, 0.1) is 4.90 Å². The van der Waals surface area contributed by atoms with Crippen LogP contribution in [-0.4, -0.2) is 63.9 Å². The van der Waals surface area contributed by atoms with E-state index in [2.05, 4.69) is 25.6 Å². The summed E-state index contributed by atoms with van der Waals surface area (Å²) in [7, 11) is -1.54. The Morgan fingerprint density at radius 3 is 2.36 bits per heavy atom. The molecule has 1 fully saturated rings. The first-order chi connectivity index (χ1) is 10.4. The number of nitrogens with zero attached hydrogens (tertiary/aromatic N) is 2. The molecule has 0 spiro atoms. The van der Waals surface area contributed by atoms with Crippen LogP contribution in [0, 0.1) is 0 Å². The van der Waals surface area contributed by atoms with Crippen molar-refractivity contribution in [3.05, 3.63) is 28.7 Å². The van der Waals surface area contributed by atoms with E-state index in [1.165, 1.54) is 12.1 Å². The van der Waals surface area contributed by atoms with Crippen molar-refractivity contribution < 1.29 is 13.2 Å². The van der Waals surface area contributed by atoms with E-state index in [4.69, 9.17) is 0 Å². The van der Waals surface area contributed by atoms with Crippen molar-refractivity contribution in [3.8, 4) is 0 Å². The standard InChI is InChI=1S/C14H20BrN3O3S/c1-17-8-10-18(11-9-17)14(19)6-7-16-22(20,21)13-4-2-12(15)3-5-13/h2-5,16H,6-11H2,1H3. The minimum atomic E-state index is -3.56. The number of carbonyl (C=O) groups is 1. The van der Waals surface area contributed by atoms with Crippen molar-refractivity contribution >= 4 is 31.9 Å². The van der Waals surface area contributed by atoms with Crippen LogP contribution in [0.2, 0.25) is 0 Å². The van der Waals surface area contributed by atoms with Crippen molar-refractivity contribution in [2.75, 3.05) is 39.8 Å². The smallest absolute Gasteiger partial charge is 0.240 e. The fourth-order valence-corrected chi connectivity index (χ4v) is 3.50. The van der Waals surface area contributed by atoms with Crippen LogP contribution in [-0.2, 0) is 14.8 Å². The van der Waals surface area contributed by atoms with Gasteiger partial charge in [0.25, 0.3) is 0 Å². The monoisotopic (exact) mass is 389 g/mol. The van der Waals surface area contributed by atoms with Crippen LogP contribution in [0.25, 0.3) is 0 Å². The molecule has 1 N–H and O–H groups in total. The quantitative estimate of drug-likeness (QED) is 0.811. The van der Waals surface area contributed by atoms with Crippen LogP contribution in [0.3, 0.4) is 0 Å². The van der Waals surface area contributed by atoms with Gasteiger partial charge in [-0.1, -0.05) is 15.9 Å². The Morgan fingerprint density at radius 2 is 1.77 bits per heavy atom. The van der Waals surface area contributed by atoms with E-state index < -0.39 is 10.0 Å². The number of hydrogen-bond acceptors (Lipinski definition) is 4. The predicted octanol–water partition coefficient (Wildman–Crippen LogP) is 0.891. The van der Waals surface area contributed by atoms with Gasteiger partial charge in [0.15, 0.2) is 0 Å². The third-order valence-electron chi connectivity index (χ3n) is 3.61. The number of halogens is 1. The number of rotatable bonds is 5. The summed E-state index contributed by atoms with van der Waals surface area (Å²) in [5.41, 5.74) is 0. The van der Waals surface area contributed by atoms with Crippen LogP contribution in [0.1, 0.15) is 6.42 Å². The minimum absolute atomic E-state index is 0.00777. The van der Waals surface area contributed by atoms with E-state index in [-0.39, 0.29) is 23.8 Å². The Balaban J connectivity index is 1.82. The highest BCUT2D eigenvalue weighted by atomic mass is 79.9. The molecule has 1 aromatic carbocycles. The first kappa shape index (κ1) is 17.4. The molecule has 6 nitrogen and oxygen atoms in total. The number of nitrogens with one attached hydrogen (secondary N) is 1. The predicted molar refractivity (Wildman–Crippen MR) is 88.0 cm³/mol. The van der Waals surface area contributed by atoms with Crippen LogP contribution in [0.5, 0.6) is 0 Å². The molecule has 0 aliphatic carbocycles. The van der Waals surface area contributed by atoms with Crippen molar-refractivity contribution in [1.29, 1.82) is 0 Å². The van der Waals surface area contributed by atoms with E-state index in [1.54, 1.807) is 17.0 Å². The number of piperazine rings is 1. The maximum Gasteiger partial charge on any atom is 0.240 e. The van der Waals surface area contributed by atoms with Gasteiger partial charge in [0, 0.05) is 43.6 Å². The molecule has 1 amide bonds. The Kier molecular flexibility index (Phi) is 5.96. The van der Waals surface area contributed by atoms with Crippen molar-refractivity contribution in [1.82, 2.24) is 14.5 Å². The summed E-state index contributed by atoms with van der Waals surface area (Å²) in [5, 5.41) is 0. The molecule has 8 heteroatoms. The highest BCUT2D eigenvalue weighted by Crippen LogP contribution is 2.14. The molecule has 22 heavy (non-hydrogen) atoms. The second-order valence-corrected chi connectivity index (χ2v) is 7.97. The number of hydrogen-bond donors (Lipinski definition) is 1. The molecule has 1 aliphatic rings. The summed E-state index contributed by atoms with van der Waals surface area (Å²) in [5.74, 6) is -0.00777. The average molecular weight is 390 g/mol. The third-order valence-corrected chi connectivity index (χ3v) is 5.62. The zero-order valence-electron chi connectivity index (χ0n) is 12.5. The van der Waals surface area contributed by atoms with Gasteiger partial charge in [-0.15, -0.1) is 0 Å². The Hall–Kier alpha value is -0.960. The molecule has 0 unspecified atom stereocenters.